The van der Waals surface area contributed by atoms with Crippen LogP contribution in [0.15, 0.2) is 0 Å². The van der Waals surface area contributed by atoms with E-state index in [2.05, 4.69) is 21.2 Å². The Hall–Kier alpha value is -0.0900. The molecule has 0 amide bonds. The third-order valence-electron chi connectivity index (χ3n) is 2.04. The summed E-state index contributed by atoms with van der Waals surface area (Å²) in [6.07, 6.45) is 1.62. The molecule has 0 spiro atoms. The molecule has 1 heterocycles. The summed E-state index contributed by atoms with van der Waals surface area (Å²) >= 11 is 3.45. The van der Waals surface area contributed by atoms with Gasteiger partial charge >= 0.3 is 5.97 Å². The Labute approximate surface area is 81.0 Å². The van der Waals surface area contributed by atoms with Crippen molar-refractivity contribution in [2.45, 2.75) is 24.1 Å². The van der Waals surface area contributed by atoms with Gasteiger partial charge in [0, 0.05) is 0 Å². The van der Waals surface area contributed by atoms with Gasteiger partial charge < -0.3 is 10.1 Å². The van der Waals surface area contributed by atoms with Gasteiger partial charge in [0.1, 0.15) is 4.32 Å². The molecule has 0 radical (unpaired) electrons. The van der Waals surface area contributed by atoms with Crippen molar-refractivity contribution in [3.63, 3.8) is 0 Å². The number of piperidine rings is 1. The van der Waals surface area contributed by atoms with Crippen LogP contribution in [0.3, 0.4) is 0 Å². The fraction of sp³-hybridized carbons (Fsp3) is 0.875. The molecule has 1 rings (SSSR count). The number of halogens is 1. The Balaban J connectivity index is 2.50. The molecule has 4 heteroatoms. The van der Waals surface area contributed by atoms with Crippen LogP contribution in [-0.2, 0) is 9.53 Å². The number of nitrogens with one attached hydrogen (secondary N) is 1. The number of hydrogen-bond donors (Lipinski definition) is 1. The average molecular weight is 236 g/mol. The van der Waals surface area contributed by atoms with Gasteiger partial charge in [-0.05, 0) is 32.9 Å². The Morgan fingerprint density at radius 2 is 2.17 bits per heavy atom. The number of alkyl halides is 1. The summed E-state index contributed by atoms with van der Waals surface area (Å²) in [5.74, 6) is -0.119. The Morgan fingerprint density at radius 1 is 1.58 bits per heavy atom. The molecule has 0 aromatic heterocycles. The molecular formula is C8H14BrNO2. The van der Waals surface area contributed by atoms with Crippen LogP contribution in [0.2, 0.25) is 0 Å². The molecule has 1 fully saturated rings. The van der Waals surface area contributed by atoms with Crippen LogP contribution >= 0.6 is 15.9 Å². The predicted octanol–water partition coefficient (Wildman–Crippen LogP) is 1.07. The van der Waals surface area contributed by atoms with E-state index in [0.717, 1.165) is 25.9 Å². The second-order valence-corrected chi connectivity index (χ2v) is 4.45. The van der Waals surface area contributed by atoms with E-state index in [4.69, 9.17) is 4.74 Å². The van der Waals surface area contributed by atoms with Crippen molar-refractivity contribution in [1.82, 2.24) is 5.32 Å². The maximum absolute atomic E-state index is 11.4. The van der Waals surface area contributed by atoms with Gasteiger partial charge in [0.15, 0.2) is 0 Å². The summed E-state index contributed by atoms with van der Waals surface area (Å²) < 4.78 is 4.55. The highest BCUT2D eigenvalue weighted by Gasteiger charge is 2.37. The van der Waals surface area contributed by atoms with E-state index in [-0.39, 0.29) is 5.97 Å². The van der Waals surface area contributed by atoms with Crippen molar-refractivity contribution < 1.29 is 9.53 Å². The van der Waals surface area contributed by atoms with Gasteiger partial charge in [-0.2, -0.15) is 0 Å². The molecule has 1 N–H and O–H groups in total. The summed E-state index contributed by atoms with van der Waals surface area (Å²) in [5.41, 5.74) is 0. The quantitative estimate of drug-likeness (QED) is 0.575. The summed E-state index contributed by atoms with van der Waals surface area (Å²) in [6, 6.07) is 0. The molecule has 0 bridgehead atoms. The summed E-state index contributed by atoms with van der Waals surface area (Å²) in [5, 5.41) is 3.20. The zero-order chi connectivity index (χ0) is 9.03. The molecule has 70 valence electrons. The lowest BCUT2D eigenvalue weighted by Gasteiger charge is -2.29. The summed E-state index contributed by atoms with van der Waals surface area (Å²) in [6.45, 7) is 4.04. The van der Waals surface area contributed by atoms with Gasteiger partial charge in [0.2, 0.25) is 0 Å². The fourth-order valence-corrected chi connectivity index (χ4v) is 1.80. The number of carbonyl (C=O) groups is 1. The third kappa shape index (κ3) is 2.20. The van der Waals surface area contributed by atoms with Crippen LogP contribution in [0.5, 0.6) is 0 Å². The topological polar surface area (TPSA) is 38.3 Å². The number of hydrogen-bond acceptors (Lipinski definition) is 3. The van der Waals surface area contributed by atoms with Crippen molar-refractivity contribution >= 4 is 21.9 Å². The molecular weight excluding hydrogens is 222 g/mol. The Morgan fingerprint density at radius 3 is 2.67 bits per heavy atom. The summed E-state index contributed by atoms with van der Waals surface area (Å²) in [7, 11) is 0. The molecule has 3 nitrogen and oxygen atoms in total. The molecule has 0 saturated carbocycles. The van der Waals surface area contributed by atoms with E-state index < -0.39 is 4.32 Å². The van der Waals surface area contributed by atoms with Crippen LogP contribution in [0.1, 0.15) is 19.8 Å². The van der Waals surface area contributed by atoms with E-state index in [1.807, 2.05) is 6.92 Å². The average Bonchev–Trinajstić information content (AvgIpc) is 2.06. The number of rotatable bonds is 2. The first-order valence-corrected chi connectivity index (χ1v) is 5.05. The monoisotopic (exact) mass is 235 g/mol. The Bertz CT molecular complexity index is 166. The lowest BCUT2D eigenvalue weighted by atomic mass is 9.98. The fourth-order valence-electron chi connectivity index (χ4n) is 1.29. The van der Waals surface area contributed by atoms with Gasteiger partial charge in [-0.1, -0.05) is 15.9 Å². The molecule has 1 aliphatic rings. The maximum atomic E-state index is 11.4. The van der Waals surface area contributed by atoms with Crippen LogP contribution < -0.4 is 5.32 Å². The highest BCUT2D eigenvalue weighted by molar-refractivity contribution is 9.10. The van der Waals surface area contributed by atoms with E-state index in [1.54, 1.807) is 0 Å². The zero-order valence-electron chi connectivity index (χ0n) is 7.23. The zero-order valence-corrected chi connectivity index (χ0v) is 8.82. The van der Waals surface area contributed by atoms with Crippen molar-refractivity contribution in [3.8, 4) is 0 Å². The lowest BCUT2D eigenvalue weighted by Crippen LogP contribution is -2.44. The first kappa shape index (κ1) is 9.99. The predicted molar refractivity (Wildman–Crippen MR) is 50.4 cm³/mol. The maximum Gasteiger partial charge on any atom is 0.322 e. The van der Waals surface area contributed by atoms with Crippen molar-refractivity contribution in [1.29, 1.82) is 0 Å². The van der Waals surface area contributed by atoms with E-state index in [0.29, 0.717) is 6.61 Å². The normalized spacial score (nSPS) is 21.8. The van der Waals surface area contributed by atoms with E-state index in [1.165, 1.54) is 0 Å². The molecule has 12 heavy (non-hydrogen) atoms. The Kier molecular flexibility index (Phi) is 3.53. The standard InChI is InChI=1S/C8H14BrNO2/c1-2-12-7(11)8(9)3-5-10-6-4-8/h10H,2-6H2,1H3. The second-order valence-electron chi connectivity index (χ2n) is 2.94. The summed E-state index contributed by atoms with van der Waals surface area (Å²) in [4.78, 5) is 11.4. The van der Waals surface area contributed by atoms with Gasteiger partial charge in [-0.3, -0.25) is 4.79 Å². The van der Waals surface area contributed by atoms with Crippen molar-refractivity contribution in [2.75, 3.05) is 19.7 Å². The van der Waals surface area contributed by atoms with E-state index >= 15 is 0 Å². The lowest BCUT2D eigenvalue weighted by molar-refractivity contribution is -0.146. The molecule has 0 atom stereocenters. The van der Waals surface area contributed by atoms with Crippen LogP contribution in [0.25, 0.3) is 0 Å². The highest BCUT2D eigenvalue weighted by Crippen LogP contribution is 2.29. The molecule has 0 aliphatic carbocycles. The van der Waals surface area contributed by atoms with Gasteiger partial charge in [-0.15, -0.1) is 0 Å². The molecule has 0 aromatic rings. The number of ether oxygens (including phenoxy) is 1. The third-order valence-corrected chi connectivity index (χ3v) is 3.15. The number of esters is 1. The molecule has 0 aromatic carbocycles. The SMILES string of the molecule is CCOC(=O)C1(Br)CCNCC1. The van der Waals surface area contributed by atoms with Gasteiger partial charge in [0.05, 0.1) is 6.61 Å². The minimum atomic E-state index is -0.422. The van der Waals surface area contributed by atoms with Crippen LogP contribution in [0.4, 0.5) is 0 Å². The van der Waals surface area contributed by atoms with Crippen molar-refractivity contribution in [2.24, 2.45) is 0 Å². The highest BCUT2D eigenvalue weighted by atomic mass is 79.9. The number of carbonyl (C=O) groups excluding carboxylic acids is 1. The van der Waals surface area contributed by atoms with E-state index in [9.17, 15) is 4.79 Å². The molecule has 1 aliphatic heterocycles. The smallest absolute Gasteiger partial charge is 0.322 e. The second kappa shape index (κ2) is 4.23. The molecule has 0 unspecified atom stereocenters. The first-order chi connectivity index (χ1) is 5.69. The minimum Gasteiger partial charge on any atom is -0.465 e. The largest absolute Gasteiger partial charge is 0.465 e. The van der Waals surface area contributed by atoms with Crippen molar-refractivity contribution in [3.05, 3.63) is 0 Å². The van der Waals surface area contributed by atoms with Gasteiger partial charge in [-0.25, -0.2) is 0 Å². The van der Waals surface area contributed by atoms with Crippen LogP contribution in [0, 0.1) is 0 Å². The van der Waals surface area contributed by atoms with Gasteiger partial charge in [0.25, 0.3) is 0 Å². The van der Waals surface area contributed by atoms with Crippen LogP contribution in [-0.4, -0.2) is 30.0 Å². The molecule has 1 saturated heterocycles. The first-order valence-electron chi connectivity index (χ1n) is 4.26. The minimum absolute atomic E-state index is 0.119.